The van der Waals surface area contributed by atoms with Crippen LogP contribution in [-0.2, 0) is 27.3 Å². The second-order valence-electron chi connectivity index (χ2n) is 8.88. The van der Waals surface area contributed by atoms with Gasteiger partial charge in [-0.25, -0.2) is 4.79 Å². The summed E-state index contributed by atoms with van der Waals surface area (Å²) in [5.41, 5.74) is 1.46. The zero-order valence-corrected chi connectivity index (χ0v) is 19.1. The number of aliphatic carboxylic acids is 2. The van der Waals surface area contributed by atoms with Gasteiger partial charge in [0.1, 0.15) is 5.60 Å². The number of aryl methyl sites for hydroxylation is 1. The summed E-state index contributed by atoms with van der Waals surface area (Å²) >= 11 is 0. The molecule has 0 aliphatic heterocycles. The van der Waals surface area contributed by atoms with Gasteiger partial charge in [-0.1, -0.05) is 43.5 Å². The van der Waals surface area contributed by atoms with Crippen LogP contribution in [0.5, 0.6) is 0 Å². The van der Waals surface area contributed by atoms with Gasteiger partial charge in [0.15, 0.2) is 0 Å². The van der Waals surface area contributed by atoms with Crippen molar-refractivity contribution < 1.29 is 29.3 Å². The number of hydrogen-bond acceptors (Lipinski definition) is 4. The van der Waals surface area contributed by atoms with Gasteiger partial charge in [-0.3, -0.25) is 9.59 Å². The van der Waals surface area contributed by atoms with Gasteiger partial charge in [0.05, 0.1) is 0 Å². The van der Waals surface area contributed by atoms with Crippen LogP contribution in [-0.4, -0.2) is 45.3 Å². The van der Waals surface area contributed by atoms with Gasteiger partial charge in [-0.05, 0) is 57.6 Å². The number of carbonyl (C=O) groups is 3. The highest BCUT2D eigenvalue weighted by Crippen LogP contribution is 2.16. The van der Waals surface area contributed by atoms with Gasteiger partial charge in [-0.2, -0.15) is 0 Å². The molecule has 0 saturated carbocycles. The van der Waals surface area contributed by atoms with E-state index in [1.165, 1.54) is 0 Å². The minimum Gasteiger partial charge on any atom is -0.481 e. The maximum atomic E-state index is 12.7. The second kappa shape index (κ2) is 13.7. The SMILES string of the molecule is CC(C)(C)OC(=O)N(CCCCCCCC(=O)O)Cc1cccc(CCCC(=O)O)c1. The zero-order chi connectivity index (χ0) is 23.3. The third-order valence-corrected chi connectivity index (χ3v) is 4.69. The lowest BCUT2D eigenvalue weighted by Gasteiger charge is -2.27. The Morgan fingerprint density at radius 1 is 0.871 bits per heavy atom. The molecular weight excluding hydrogens is 398 g/mol. The smallest absolute Gasteiger partial charge is 0.410 e. The normalized spacial score (nSPS) is 11.2. The van der Waals surface area contributed by atoms with Crippen LogP contribution >= 0.6 is 0 Å². The first kappa shape index (κ1) is 26.5. The monoisotopic (exact) mass is 435 g/mol. The first-order valence-corrected chi connectivity index (χ1v) is 11.1. The predicted octanol–water partition coefficient (Wildman–Crippen LogP) is 5.26. The number of nitrogens with zero attached hydrogens (tertiary/aromatic N) is 1. The molecule has 31 heavy (non-hydrogen) atoms. The molecule has 0 fully saturated rings. The van der Waals surface area contributed by atoms with Crippen LogP contribution in [0, 0.1) is 0 Å². The number of carboxylic acid groups (broad SMARTS) is 2. The van der Waals surface area contributed by atoms with Gasteiger partial charge in [0, 0.05) is 25.9 Å². The first-order valence-electron chi connectivity index (χ1n) is 11.1. The van der Waals surface area contributed by atoms with Crippen molar-refractivity contribution in [1.82, 2.24) is 4.90 Å². The topological polar surface area (TPSA) is 104 Å². The van der Waals surface area contributed by atoms with E-state index < -0.39 is 17.5 Å². The second-order valence-corrected chi connectivity index (χ2v) is 8.88. The molecule has 1 aromatic carbocycles. The molecule has 0 radical (unpaired) electrons. The molecule has 1 amide bonds. The summed E-state index contributed by atoms with van der Waals surface area (Å²) in [6, 6.07) is 7.89. The summed E-state index contributed by atoms with van der Waals surface area (Å²) in [7, 11) is 0. The van der Waals surface area contributed by atoms with Crippen LogP contribution in [0.2, 0.25) is 0 Å². The minimum absolute atomic E-state index is 0.140. The number of unbranched alkanes of at least 4 members (excludes halogenated alkanes) is 4. The van der Waals surface area contributed by atoms with Crippen LogP contribution in [0.1, 0.15) is 83.3 Å². The standard InChI is InChI=1S/C24H37NO6/c1-24(2,3)31-23(30)25(16-8-6-4-5-7-14-21(26)27)18-20-13-9-11-19(17-20)12-10-15-22(28)29/h9,11,13,17H,4-8,10,12,14-16,18H2,1-3H3,(H,26,27)(H,28,29). The molecule has 2 N–H and O–H groups in total. The van der Waals surface area contributed by atoms with E-state index >= 15 is 0 Å². The van der Waals surface area contributed by atoms with Crippen LogP contribution in [0.25, 0.3) is 0 Å². The van der Waals surface area contributed by atoms with Crippen molar-refractivity contribution in [2.45, 2.75) is 90.7 Å². The van der Waals surface area contributed by atoms with Crippen LogP contribution in [0.3, 0.4) is 0 Å². The highest BCUT2D eigenvalue weighted by molar-refractivity contribution is 5.68. The van der Waals surface area contributed by atoms with Crippen molar-refractivity contribution in [2.24, 2.45) is 0 Å². The fourth-order valence-corrected chi connectivity index (χ4v) is 3.22. The number of carboxylic acids is 2. The molecule has 7 nitrogen and oxygen atoms in total. The van der Waals surface area contributed by atoms with Crippen molar-refractivity contribution in [3.63, 3.8) is 0 Å². The maximum absolute atomic E-state index is 12.7. The molecule has 0 heterocycles. The Morgan fingerprint density at radius 2 is 1.45 bits per heavy atom. The molecule has 0 aliphatic rings. The molecule has 0 unspecified atom stereocenters. The van der Waals surface area contributed by atoms with Gasteiger partial charge < -0.3 is 19.8 Å². The average molecular weight is 436 g/mol. The molecule has 0 atom stereocenters. The molecule has 0 spiro atoms. The first-order chi connectivity index (χ1) is 14.6. The lowest BCUT2D eigenvalue weighted by atomic mass is 10.0. The summed E-state index contributed by atoms with van der Waals surface area (Å²) in [6.45, 7) is 6.52. The third-order valence-electron chi connectivity index (χ3n) is 4.69. The van der Waals surface area contributed by atoms with Crippen LogP contribution in [0.15, 0.2) is 24.3 Å². The summed E-state index contributed by atoms with van der Waals surface area (Å²) in [6.07, 6.45) is 5.49. The Labute approximate surface area is 185 Å². The largest absolute Gasteiger partial charge is 0.481 e. The van der Waals surface area contributed by atoms with E-state index in [2.05, 4.69) is 0 Å². The summed E-state index contributed by atoms with van der Waals surface area (Å²) in [5.74, 6) is -1.56. The Morgan fingerprint density at radius 3 is 2.10 bits per heavy atom. The third kappa shape index (κ3) is 13.4. The van der Waals surface area contributed by atoms with Gasteiger partial charge in [0.25, 0.3) is 0 Å². The molecule has 1 rings (SSSR count). The highest BCUT2D eigenvalue weighted by atomic mass is 16.6. The van der Waals surface area contributed by atoms with Gasteiger partial charge in [0.2, 0.25) is 0 Å². The van der Waals surface area contributed by atoms with E-state index in [9.17, 15) is 14.4 Å². The lowest BCUT2D eigenvalue weighted by Crippen LogP contribution is -2.37. The molecule has 174 valence electrons. The van der Waals surface area contributed by atoms with Crippen LogP contribution in [0.4, 0.5) is 4.79 Å². The number of rotatable bonds is 14. The van der Waals surface area contributed by atoms with Crippen molar-refractivity contribution in [1.29, 1.82) is 0 Å². The van der Waals surface area contributed by atoms with Crippen molar-refractivity contribution in [2.75, 3.05) is 6.54 Å². The average Bonchev–Trinajstić information content (AvgIpc) is 2.64. The van der Waals surface area contributed by atoms with Crippen molar-refractivity contribution in [3.8, 4) is 0 Å². The summed E-state index contributed by atoms with van der Waals surface area (Å²) in [4.78, 5) is 35.7. The van der Waals surface area contributed by atoms with Gasteiger partial charge >= 0.3 is 18.0 Å². The zero-order valence-electron chi connectivity index (χ0n) is 19.1. The predicted molar refractivity (Wildman–Crippen MR) is 119 cm³/mol. The number of benzene rings is 1. The molecule has 7 heteroatoms. The quantitative estimate of drug-likeness (QED) is 0.387. The van der Waals surface area contributed by atoms with Crippen LogP contribution < -0.4 is 0 Å². The van der Waals surface area contributed by atoms with Crippen molar-refractivity contribution >= 4 is 18.0 Å². The summed E-state index contributed by atoms with van der Waals surface area (Å²) in [5, 5.41) is 17.5. The van der Waals surface area contributed by atoms with E-state index in [0.29, 0.717) is 32.4 Å². The molecule has 0 bridgehead atoms. The minimum atomic E-state index is -0.796. The Balaban J connectivity index is 2.64. The Bertz CT molecular complexity index is 710. The fourth-order valence-electron chi connectivity index (χ4n) is 3.22. The maximum Gasteiger partial charge on any atom is 0.410 e. The molecule has 1 aromatic rings. The van der Waals surface area contributed by atoms with E-state index in [-0.39, 0.29) is 18.9 Å². The molecular formula is C24H37NO6. The number of hydrogen-bond donors (Lipinski definition) is 2. The highest BCUT2D eigenvalue weighted by Gasteiger charge is 2.22. The molecule has 0 saturated heterocycles. The van der Waals surface area contributed by atoms with E-state index in [0.717, 1.165) is 36.8 Å². The van der Waals surface area contributed by atoms with E-state index in [1.807, 2.05) is 45.0 Å². The summed E-state index contributed by atoms with van der Waals surface area (Å²) < 4.78 is 5.57. The van der Waals surface area contributed by atoms with Gasteiger partial charge in [-0.15, -0.1) is 0 Å². The number of amides is 1. The molecule has 0 aliphatic carbocycles. The lowest BCUT2D eigenvalue weighted by molar-refractivity contribution is -0.138. The van der Waals surface area contributed by atoms with E-state index in [4.69, 9.17) is 14.9 Å². The van der Waals surface area contributed by atoms with E-state index in [1.54, 1.807) is 4.90 Å². The number of carbonyl (C=O) groups excluding carboxylic acids is 1. The van der Waals surface area contributed by atoms with Crippen molar-refractivity contribution in [3.05, 3.63) is 35.4 Å². The number of ether oxygens (including phenoxy) is 1. The Hall–Kier alpha value is -2.57. The Kier molecular flexibility index (Phi) is 11.7. The fraction of sp³-hybridized carbons (Fsp3) is 0.625. The molecule has 0 aromatic heterocycles.